The molecule has 1 saturated heterocycles. The highest BCUT2D eigenvalue weighted by molar-refractivity contribution is 6.51. The third kappa shape index (κ3) is 4.01. The van der Waals surface area contributed by atoms with E-state index in [9.17, 15) is 14.7 Å². The summed E-state index contributed by atoms with van der Waals surface area (Å²) in [7, 11) is 2.98. The maximum atomic E-state index is 13.4. The number of para-hydroxylation sites is 1. The van der Waals surface area contributed by atoms with E-state index >= 15 is 0 Å². The highest BCUT2D eigenvalue weighted by atomic mass is 35.5. The number of benzene rings is 3. The van der Waals surface area contributed by atoms with Crippen LogP contribution in [0, 0.1) is 13.8 Å². The van der Waals surface area contributed by atoms with Crippen molar-refractivity contribution in [3.63, 3.8) is 0 Å². The Kier molecular flexibility index (Phi) is 6.35. The Morgan fingerprint density at radius 1 is 0.912 bits per heavy atom. The lowest BCUT2D eigenvalue weighted by Gasteiger charge is -2.27. The summed E-state index contributed by atoms with van der Waals surface area (Å²) in [5, 5.41) is 11.7. The molecule has 0 radical (unpaired) electrons. The lowest BCUT2D eigenvalue weighted by Crippen LogP contribution is -2.29. The molecule has 1 amide bonds. The van der Waals surface area contributed by atoms with Crippen molar-refractivity contribution in [1.29, 1.82) is 0 Å². The van der Waals surface area contributed by atoms with Gasteiger partial charge in [-0.05, 0) is 61.4 Å². The summed E-state index contributed by atoms with van der Waals surface area (Å²) in [4.78, 5) is 28.2. The zero-order valence-corrected chi connectivity index (χ0v) is 20.0. The topological polar surface area (TPSA) is 76.1 Å². The molecule has 1 aliphatic rings. The molecule has 1 fully saturated rings. The number of carbonyl (C=O) groups is 2. The zero-order valence-electron chi connectivity index (χ0n) is 19.3. The summed E-state index contributed by atoms with van der Waals surface area (Å²) in [6, 6.07) is 16.6. The van der Waals surface area contributed by atoms with Gasteiger partial charge in [-0.2, -0.15) is 0 Å². The van der Waals surface area contributed by atoms with Crippen molar-refractivity contribution in [3.05, 3.63) is 93.5 Å². The van der Waals surface area contributed by atoms with E-state index in [2.05, 4.69) is 0 Å². The maximum Gasteiger partial charge on any atom is 0.300 e. The van der Waals surface area contributed by atoms with Crippen LogP contribution in [0.1, 0.15) is 28.3 Å². The number of methoxy groups -OCH3 is 2. The van der Waals surface area contributed by atoms with E-state index in [0.29, 0.717) is 33.3 Å². The molecule has 7 heteroatoms. The van der Waals surface area contributed by atoms with Crippen LogP contribution in [0.25, 0.3) is 5.76 Å². The minimum absolute atomic E-state index is 0.0435. The summed E-state index contributed by atoms with van der Waals surface area (Å²) >= 11 is 6.14. The Balaban J connectivity index is 2.01. The Morgan fingerprint density at radius 3 is 2.21 bits per heavy atom. The predicted octanol–water partition coefficient (Wildman–Crippen LogP) is 5.60. The SMILES string of the molecule is COc1cc(/C(O)=C2\C(=O)C(=O)N(c3cc(C)cc(C)c3)C2c2ccccc2OC)ccc1Cl. The van der Waals surface area contributed by atoms with Gasteiger partial charge in [0, 0.05) is 16.8 Å². The molecule has 1 heterocycles. The number of halogens is 1. The van der Waals surface area contributed by atoms with Crippen LogP contribution in [-0.4, -0.2) is 31.0 Å². The van der Waals surface area contributed by atoms with Crippen LogP contribution in [0.2, 0.25) is 5.02 Å². The zero-order chi connectivity index (χ0) is 24.6. The number of hydrogen-bond donors (Lipinski definition) is 1. The fourth-order valence-corrected chi connectivity index (χ4v) is 4.53. The number of Topliss-reactive ketones (excluding diaryl/α,β-unsaturated/α-hetero) is 1. The number of aliphatic hydroxyl groups excluding tert-OH is 1. The lowest BCUT2D eigenvalue weighted by atomic mass is 9.94. The second-order valence-corrected chi connectivity index (χ2v) is 8.51. The van der Waals surface area contributed by atoms with E-state index in [1.54, 1.807) is 36.4 Å². The van der Waals surface area contributed by atoms with Crippen LogP contribution < -0.4 is 14.4 Å². The molecule has 3 aromatic rings. The van der Waals surface area contributed by atoms with Gasteiger partial charge in [-0.3, -0.25) is 14.5 Å². The van der Waals surface area contributed by atoms with Crippen LogP contribution in [-0.2, 0) is 9.59 Å². The van der Waals surface area contributed by atoms with Gasteiger partial charge in [0.2, 0.25) is 0 Å². The van der Waals surface area contributed by atoms with Crippen LogP contribution in [0.3, 0.4) is 0 Å². The van der Waals surface area contributed by atoms with Crippen molar-refractivity contribution < 1.29 is 24.2 Å². The van der Waals surface area contributed by atoms with E-state index in [1.165, 1.54) is 25.2 Å². The number of hydrogen-bond acceptors (Lipinski definition) is 5. The van der Waals surface area contributed by atoms with Gasteiger partial charge in [0.05, 0.1) is 30.9 Å². The molecular weight excluding hydrogens is 454 g/mol. The van der Waals surface area contributed by atoms with Gasteiger partial charge in [0.15, 0.2) is 0 Å². The molecule has 1 N–H and O–H groups in total. The van der Waals surface area contributed by atoms with Crippen molar-refractivity contribution in [2.24, 2.45) is 0 Å². The minimum atomic E-state index is -0.904. The molecule has 34 heavy (non-hydrogen) atoms. The number of anilines is 1. The fourth-order valence-electron chi connectivity index (χ4n) is 4.34. The van der Waals surface area contributed by atoms with Gasteiger partial charge in [0.1, 0.15) is 17.3 Å². The third-order valence-electron chi connectivity index (χ3n) is 5.79. The molecule has 6 nitrogen and oxygen atoms in total. The molecular formula is C27H24ClNO5. The van der Waals surface area contributed by atoms with E-state index in [0.717, 1.165) is 11.1 Å². The van der Waals surface area contributed by atoms with Crippen molar-refractivity contribution in [2.75, 3.05) is 19.1 Å². The smallest absolute Gasteiger partial charge is 0.300 e. The van der Waals surface area contributed by atoms with Gasteiger partial charge >= 0.3 is 0 Å². The van der Waals surface area contributed by atoms with Gasteiger partial charge in [-0.15, -0.1) is 0 Å². The molecule has 0 saturated carbocycles. The fraction of sp³-hybridized carbons (Fsp3) is 0.185. The number of aryl methyl sites for hydroxylation is 2. The normalized spacial score (nSPS) is 17.2. The molecule has 1 aliphatic heterocycles. The summed E-state index contributed by atoms with van der Waals surface area (Å²) in [5.74, 6) is -1.02. The van der Waals surface area contributed by atoms with E-state index in [1.807, 2.05) is 32.0 Å². The highest BCUT2D eigenvalue weighted by Crippen LogP contribution is 2.45. The lowest BCUT2D eigenvalue weighted by molar-refractivity contribution is -0.132. The standard InChI is InChI=1S/C27H24ClNO5/c1-15-11-16(2)13-18(12-15)29-24(19-7-5-6-8-21(19)33-3)23(26(31)27(29)32)25(30)17-9-10-20(28)22(14-17)34-4/h5-14,24,30H,1-4H3/b25-23+. The molecule has 0 bridgehead atoms. The molecule has 0 spiro atoms. The Labute approximate surface area is 203 Å². The first-order valence-electron chi connectivity index (χ1n) is 10.6. The Bertz CT molecular complexity index is 1310. The van der Waals surface area contributed by atoms with Crippen LogP contribution in [0.5, 0.6) is 11.5 Å². The number of rotatable bonds is 5. The van der Waals surface area contributed by atoms with Crippen LogP contribution >= 0.6 is 11.6 Å². The van der Waals surface area contributed by atoms with Crippen LogP contribution in [0.15, 0.2) is 66.2 Å². The van der Waals surface area contributed by atoms with E-state index in [-0.39, 0.29) is 11.3 Å². The summed E-state index contributed by atoms with van der Waals surface area (Å²) < 4.78 is 10.8. The number of ketones is 1. The van der Waals surface area contributed by atoms with Crippen molar-refractivity contribution in [3.8, 4) is 11.5 Å². The number of aliphatic hydroxyl groups is 1. The molecule has 0 aliphatic carbocycles. The molecule has 1 unspecified atom stereocenters. The van der Waals surface area contributed by atoms with Gasteiger partial charge in [-0.1, -0.05) is 35.9 Å². The Morgan fingerprint density at radius 2 is 1.56 bits per heavy atom. The molecule has 0 aromatic heterocycles. The van der Waals surface area contributed by atoms with Crippen molar-refractivity contribution in [2.45, 2.75) is 19.9 Å². The number of ether oxygens (including phenoxy) is 2. The first kappa shape index (κ1) is 23.4. The molecule has 4 rings (SSSR count). The maximum absolute atomic E-state index is 13.4. The average molecular weight is 478 g/mol. The summed E-state index contributed by atoms with van der Waals surface area (Å²) in [5.41, 5.74) is 3.28. The van der Waals surface area contributed by atoms with Crippen molar-refractivity contribution >= 4 is 34.7 Å². The van der Waals surface area contributed by atoms with Gasteiger partial charge < -0.3 is 14.6 Å². The number of nitrogens with zero attached hydrogens (tertiary/aromatic N) is 1. The second-order valence-electron chi connectivity index (χ2n) is 8.11. The largest absolute Gasteiger partial charge is 0.507 e. The summed E-state index contributed by atoms with van der Waals surface area (Å²) in [6.07, 6.45) is 0. The summed E-state index contributed by atoms with van der Waals surface area (Å²) in [6.45, 7) is 3.84. The second kappa shape index (κ2) is 9.23. The van der Waals surface area contributed by atoms with Crippen molar-refractivity contribution in [1.82, 2.24) is 0 Å². The Hall–Kier alpha value is -3.77. The molecule has 174 valence electrons. The van der Waals surface area contributed by atoms with Crippen LogP contribution in [0.4, 0.5) is 5.69 Å². The van der Waals surface area contributed by atoms with Gasteiger partial charge in [0.25, 0.3) is 11.7 Å². The molecule has 1 atom stereocenters. The number of carbonyl (C=O) groups excluding carboxylic acids is 2. The number of amides is 1. The monoisotopic (exact) mass is 477 g/mol. The first-order valence-corrected chi connectivity index (χ1v) is 11.0. The van der Waals surface area contributed by atoms with Gasteiger partial charge in [-0.25, -0.2) is 0 Å². The first-order chi connectivity index (χ1) is 16.3. The quantitative estimate of drug-likeness (QED) is 0.294. The third-order valence-corrected chi connectivity index (χ3v) is 6.10. The predicted molar refractivity (Wildman–Crippen MR) is 132 cm³/mol. The minimum Gasteiger partial charge on any atom is -0.507 e. The average Bonchev–Trinajstić information content (AvgIpc) is 3.08. The molecule has 3 aromatic carbocycles. The highest BCUT2D eigenvalue weighted by Gasteiger charge is 2.48. The van der Waals surface area contributed by atoms with E-state index in [4.69, 9.17) is 21.1 Å². The van der Waals surface area contributed by atoms with E-state index < -0.39 is 17.7 Å².